The van der Waals surface area contributed by atoms with Crippen LogP contribution in [0, 0.1) is 0 Å². The minimum atomic E-state index is -0.459. The molecule has 2 aliphatic rings. The van der Waals surface area contributed by atoms with Gasteiger partial charge in [0.1, 0.15) is 11.4 Å². The fraction of sp³-hybridized carbons (Fsp3) is 0.737. The van der Waals surface area contributed by atoms with Gasteiger partial charge in [-0.2, -0.15) is 0 Å². The number of amides is 1. The summed E-state index contributed by atoms with van der Waals surface area (Å²) >= 11 is 0. The van der Waals surface area contributed by atoms with E-state index < -0.39 is 5.60 Å². The molecule has 144 valence electrons. The molecule has 1 amide bonds. The maximum Gasteiger partial charge on any atom is 0.410 e. The van der Waals surface area contributed by atoms with E-state index in [9.17, 15) is 9.90 Å². The van der Waals surface area contributed by atoms with Crippen LogP contribution in [0.15, 0.2) is 12.4 Å². The molecule has 2 aliphatic heterocycles. The van der Waals surface area contributed by atoms with Crippen LogP contribution < -0.4 is 4.90 Å². The number of hydrogen-bond donors (Lipinski definition) is 1. The molecule has 0 aliphatic carbocycles. The first-order valence-corrected chi connectivity index (χ1v) is 9.55. The fourth-order valence-electron chi connectivity index (χ4n) is 3.48. The average Bonchev–Trinajstić information content (AvgIpc) is 2.61. The molecule has 0 unspecified atom stereocenters. The summed E-state index contributed by atoms with van der Waals surface area (Å²) in [5.74, 6) is 1.21. The van der Waals surface area contributed by atoms with Crippen molar-refractivity contribution in [3.63, 3.8) is 0 Å². The van der Waals surface area contributed by atoms with Crippen LogP contribution in [0.4, 0.5) is 10.6 Å². The average molecular weight is 362 g/mol. The van der Waals surface area contributed by atoms with Gasteiger partial charge in [0.2, 0.25) is 0 Å². The second-order valence-corrected chi connectivity index (χ2v) is 8.26. The van der Waals surface area contributed by atoms with Crippen molar-refractivity contribution in [3.05, 3.63) is 18.1 Å². The minimum absolute atomic E-state index is 0.186. The molecule has 0 aromatic carbocycles. The molecular weight excluding hydrogens is 332 g/mol. The topological polar surface area (TPSA) is 78.8 Å². The number of likely N-dealkylation sites (tertiary alicyclic amines) is 1. The zero-order valence-corrected chi connectivity index (χ0v) is 16.0. The molecule has 0 bridgehead atoms. The summed E-state index contributed by atoms with van der Waals surface area (Å²) in [6, 6.07) is 0. The van der Waals surface area contributed by atoms with Crippen LogP contribution >= 0.6 is 0 Å². The predicted octanol–water partition coefficient (Wildman–Crippen LogP) is 2.55. The van der Waals surface area contributed by atoms with E-state index in [4.69, 9.17) is 4.74 Å². The van der Waals surface area contributed by atoms with Crippen LogP contribution in [-0.4, -0.2) is 64.0 Å². The quantitative estimate of drug-likeness (QED) is 0.871. The highest BCUT2D eigenvalue weighted by Gasteiger charge is 2.28. The second kappa shape index (κ2) is 7.78. The maximum absolute atomic E-state index is 12.2. The van der Waals surface area contributed by atoms with Crippen molar-refractivity contribution in [2.75, 3.05) is 31.1 Å². The van der Waals surface area contributed by atoms with E-state index in [2.05, 4.69) is 14.9 Å². The van der Waals surface area contributed by atoms with Gasteiger partial charge in [-0.3, -0.25) is 4.98 Å². The Morgan fingerprint density at radius 1 is 1.08 bits per heavy atom. The maximum atomic E-state index is 12.2. The molecule has 1 N–H and O–H groups in total. The van der Waals surface area contributed by atoms with Gasteiger partial charge in [0.15, 0.2) is 0 Å². The van der Waals surface area contributed by atoms with E-state index in [1.807, 2.05) is 33.2 Å². The van der Waals surface area contributed by atoms with Crippen molar-refractivity contribution in [1.29, 1.82) is 0 Å². The Morgan fingerprint density at radius 3 is 2.27 bits per heavy atom. The summed E-state index contributed by atoms with van der Waals surface area (Å²) in [5, 5.41) is 9.61. The first kappa shape index (κ1) is 18.9. The van der Waals surface area contributed by atoms with Crippen LogP contribution in [0.2, 0.25) is 0 Å². The summed E-state index contributed by atoms with van der Waals surface area (Å²) in [7, 11) is 0. The lowest BCUT2D eigenvalue weighted by Crippen LogP contribution is -2.41. The van der Waals surface area contributed by atoms with E-state index in [0.717, 1.165) is 50.3 Å². The summed E-state index contributed by atoms with van der Waals surface area (Å²) in [6.45, 7) is 8.68. The van der Waals surface area contributed by atoms with Crippen LogP contribution in [-0.2, 0) is 4.74 Å². The second-order valence-electron chi connectivity index (χ2n) is 8.26. The number of aliphatic hydroxyl groups excluding tert-OH is 1. The Morgan fingerprint density at radius 2 is 1.73 bits per heavy atom. The highest BCUT2D eigenvalue weighted by Crippen LogP contribution is 2.28. The Kier molecular flexibility index (Phi) is 5.65. The van der Waals surface area contributed by atoms with Gasteiger partial charge in [0, 0.05) is 32.1 Å². The Balaban J connectivity index is 1.52. The number of piperidine rings is 2. The largest absolute Gasteiger partial charge is 0.444 e. The van der Waals surface area contributed by atoms with Gasteiger partial charge in [-0.1, -0.05) is 0 Å². The number of carbonyl (C=O) groups is 1. The van der Waals surface area contributed by atoms with Crippen molar-refractivity contribution in [3.8, 4) is 0 Å². The monoisotopic (exact) mass is 362 g/mol. The molecule has 7 nitrogen and oxygen atoms in total. The molecular formula is C19H30N4O3. The van der Waals surface area contributed by atoms with Crippen LogP contribution in [0.25, 0.3) is 0 Å². The molecule has 0 saturated carbocycles. The summed E-state index contributed by atoms with van der Waals surface area (Å²) in [4.78, 5) is 25.3. The summed E-state index contributed by atoms with van der Waals surface area (Å²) in [6.07, 6.45) is 6.62. The van der Waals surface area contributed by atoms with Crippen molar-refractivity contribution in [2.24, 2.45) is 0 Å². The lowest BCUT2D eigenvalue weighted by molar-refractivity contribution is 0.0204. The molecule has 0 radical (unpaired) electrons. The summed E-state index contributed by atoms with van der Waals surface area (Å²) in [5.41, 5.74) is 0.536. The van der Waals surface area contributed by atoms with Gasteiger partial charge < -0.3 is 19.6 Å². The van der Waals surface area contributed by atoms with Crippen molar-refractivity contribution < 1.29 is 14.6 Å². The molecule has 2 saturated heterocycles. The minimum Gasteiger partial charge on any atom is -0.444 e. The number of carbonyl (C=O) groups excluding carboxylic acids is 1. The number of aromatic nitrogens is 2. The lowest BCUT2D eigenvalue weighted by Gasteiger charge is -2.33. The molecule has 7 heteroatoms. The summed E-state index contributed by atoms with van der Waals surface area (Å²) < 4.78 is 5.44. The van der Waals surface area contributed by atoms with Gasteiger partial charge in [0.25, 0.3) is 0 Å². The first-order chi connectivity index (χ1) is 12.3. The van der Waals surface area contributed by atoms with E-state index in [-0.39, 0.29) is 12.2 Å². The molecule has 3 rings (SSSR count). The highest BCUT2D eigenvalue weighted by atomic mass is 16.6. The van der Waals surface area contributed by atoms with Crippen LogP contribution in [0.5, 0.6) is 0 Å². The number of ether oxygens (including phenoxy) is 1. The van der Waals surface area contributed by atoms with E-state index in [1.165, 1.54) is 0 Å². The Labute approximate surface area is 155 Å². The highest BCUT2D eigenvalue weighted by molar-refractivity contribution is 5.68. The normalized spacial score (nSPS) is 20.3. The number of aliphatic hydroxyl groups is 1. The number of anilines is 1. The Bertz CT molecular complexity index is 598. The van der Waals surface area contributed by atoms with Gasteiger partial charge in [-0.25, -0.2) is 9.78 Å². The van der Waals surface area contributed by atoms with Crippen molar-refractivity contribution in [2.45, 2.75) is 64.1 Å². The van der Waals surface area contributed by atoms with Gasteiger partial charge in [0.05, 0.1) is 24.2 Å². The van der Waals surface area contributed by atoms with Crippen LogP contribution in [0.1, 0.15) is 58.1 Å². The number of rotatable bonds is 2. The lowest BCUT2D eigenvalue weighted by atomic mass is 9.94. The van der Waals surface area contributed by atoms with Gasteiger partial charge in [-0.15, -0.1) is 0 Å². The van der Waals surface area contributed by atoms with E-state index in [1.54, 1.807) is 4.90 Å². The fourth-order valence-corrected chi connectivity index (χ4v) is 3.48. The zero-order valence-electron chi connectivity index (χ0n) is 16.0. The van der Waals surface area contributed by atoms with Crippen molar-refractivity contribution in [1.82, 2.24) is 14.9 Å². The molecule has 1 aromatic rings. The SMILES string of the molecule is CC(C)(C)OC(=O)N1CCC(c2cnc(N3CCC(O)CC3)cn2)CC1. The third kappa shape index (κ3) is 4.84. The molecule has 0 atom stereocenters. The molecule has 3 heterocycles. The van der Waals surface area contributed by atoms with Gasteiger partial charge in [-0.05, 0) is 46.5 Å². The molecule has 26 heavy (non-hydrogen) atoms. The first-order valence-electron chi connectivity index (χ1n) is 9.55. The van der Waals surface area contributed by atoms with Crippen LogP contribution in [0.3, 0.4) is 0 Å². The number of nitrogens with zero attached hydrogens (tertiary/aromatic N) is 4. The predicted molar refractivity (Wildman–Crippen MR) is 99.3 cm³/mol. The Hall–Kier alpha value is -1.89. The molecule has 0 spiro atoms. The zero-order chi connectivity index (χ0) is 18.7. The third-order valence-electron chi connectivity index (χ3n) is 5.01. The van der Waals surface area contributed by atoms with E-state index in [0.29, 0.717) is 19.0 Å². The standard InChI is InChI=1S/C19H30N4O3/c1-19(2,3)26-18(25)23-8-4-14(5-9-23)16-12-21-17(13-20-16)22-10-6-15(24)7-11-22/h12-15,24H,4-11H2,1-3H3. The van der Waals surface area contributed by atoms with Gasteiger partial charge >= 0.3 is 6.09 Å². The molecule has 1 aromatic heterocycles. The number of hydrogen-bond acceptors (Lipinski definition) is 6. The smallest absolute Gasteiger partial charge is 0.410 e. The van der Waals surface area contributed by atoms with Crippen molar-refractivity contribution >= 4 is 11.9 Å². The molecule has 2 fully saturated rings. The van der Waals surface area contributed by atoms with E-state index >= 15 is 0 Å². The third-order valence-corrected chi connectivity index (χ3v) is 5.01.